The summed E-state index contributed by atoms with van der Waals surface area (Å²) in [5.41, 5.74) is 4.25. The molecular weight excluding hydrogens is 407 g/mol. The number of amides is 1. The van der Waals surface area contributed by atoms with Gasteiger partial charge in [-0.1, -0.05) is 6.07 Å². The van der Waals surface area contributed by atoms with Gasteiger partial charge in [0.1, 0.15) is 11.6 Å². The third-order valence-corrected chi connectivity index (χ3v) is 6.62. The summed E-state index contributed by atoms with van der Waals surface area (Å²) in [6, 6.07) is 12.1. The van der Waals surface area contributed by atoms with Crippen LogP contribution in [0.4, 0.5) is 4.39 Å². The molecule has 1 atom stereocenters. The Bertz CT molecular complexity index is 1310. The monoisotopic (exact) mass is 430 g/mol. The highest BCUT2D eigenvalue weighted by Gasteiger charge is 2.33. The van der Waals surface area contributed by atoms with Gasteiger partial charge in [0, 0.05) is 36.5 Å². The minimum Gasteiger partial charge on any atom is -0.337 e. The van der Waals surface area contributed by atoms with Crippen molar-refractivity contribution >= 4 is 11.6 Å². The van der Waals surface area contributed by atoms with E-state index in [1.54, 1.807) is 12.1 Å². The van der Waals surface area contributed by atoms with Crippen LogP contribution in [0.15, 0.2) is 48.7 Å². The fourth-order valence-corrected chi connectivity index (χ4v) is 5.07. The highest BCUT2D eigenvalue weighted by molar-refractivity contribution is 5.94. The molecule has 1 aliphatic heterocycles. The zero-order chi connectivity index (χ0) is 21.7. The third kappa shape index (κ3) is 3.09. The molecule has 7 nitrogen and oxygen atoms in total. The van der Waals surface area contributed by atoms with E-state index in [1.165, 1.54) is 12.1 Å². The standard InChI is InChI=1S/C24H23FN6O/c25-17-9-11-18(12-10-17)31-20-7-3-6-19(20)22(28-31)24(32)29-13-4-5-16(15-29)23-27-26-21-8-1-2-14-30(21)23/h1-2,8-12,14,16H,3-7,13,15H2. The van der Waals surface area contributed by atoms with Crippen molar-refractivity contribution in [2.75, 3.05) is 13.1 Å². The van der Waals surface area contributed by atoms with Crippen LogP contribution in [0.1, 0.15) is 52.8 Å². The van der Waals surface area contributed by atoms with Gasteiger partial charge in [0.15, 0.2) is 11.3 Å². The van der Waals surface area contributed by atoms with E-state index in [9.17, 15) is 9.18 Å². The van der Waals surface area contributed by atoms with Crippen LogP contribution in [0.5, 0.6) is 0 Å². The summed E-state index contributed by atoms with van der Waals surface area (Å²) in [6.07, 6.45) is 6.59. The lowest BCUT2D eigenvalue weighted by molar-refractivity contribution is 0.0696. The Balaban J connectivity index is 1.31. The Labute approximate surface area is 184 Å². The molecule has 1 aromatic carbocycles. The number of hydrogen-bond donors (Lipinski definition) is 0. The number of likely N-dealkylation sites (tertiary alicyclic amines) is 1. The molecule has 0 bridgehead atoms. The number of carbonyl (C=O) groups is 1. The van der Waals surface area contributed by atoms with Crippen molar-refractivity contribution in [1.29, 1.82) is 0 Å². The predicted octanol–water partition coefficient (Wildman–Crippen LogP) is 3.56. The summed E-state index contributed by atoms with van der Waals surface area (Å²) < 4.78 is 17.2. The van der Waals surface area contributed by atoms with E-state index >= 15 is 0 Å². The number of hydrogen-bond acceptors (Lipinski definition) is 4. The molecule has 1 amide bonds. The van der Waals surface area contributed by atoms with Crippen molar-refractivity contribution < 1.29 is 9.18 Å². The summed E-state index contributed by atoms with van der Waals surface area (Å²) in [7, 11) is 0. The van der Waals surface area contributed by atoms with Crippen molar-refractivity contribution in [2.24, 2.45) is 0 Å². The van der Waals surface area contributed by atoms with E-state index in [0.717, 1.165) is 60.5 Å². The maximum atomic E-state index is 13.6. The molecule has 32 heavy (non-hydrogen) atoms. The van der Waals surface area contributed by atoms with Gasteiger partial charge in [0.05, 0.1) is 5.69 Å². The molecule has 4 aromatic rings. The van der Waals surface area contributed by atoms with Crippen molar-refractivity contribution in [3.05, 3.63) is 77.3 Å². The first kappa shape index (κ1) is 19.2. The van der Waals surface area contributed by atoms with Crippen LogP contribution in [-0.4, -0.2) is 48.3 Å². The van der Waals surface area contributed by atoms with Gasteiger partial charge in [-0.05, 0) is 68.5 Å². The first-order valence-corrected chi connectivity index (χ1v) is 11.1. The molecule has 1 unspecified atom stereocenters. The SMILES string of the molecule is O=C(c1nn(-c2ccc(F)cc2)c2c1CCC2)N1CCCC(c2nnc3ccccn23)C1. The molecule has 6 rings (SSSR count). The topological polar surface area (TPSA) is 68.3 Å². The second kappa shape index (κ2) is 7.55. The first-order valence-electron chi connectivity index (χ1n) is 11.1. The number of pyridine rings is 1. The van der Waals surface area contributed by atoms with Gasteiger partial charge >= 0.3 is 0 Å². The Morgan fingerprint density at radius 1 is 1.03 bits per heavy atom. The highest BCUT2D eigenvalue weighted by atomic mass is 19.1. The van der Waals surface area contributed by atoms with E-state index < -0.39 is 0 Å². The molecule has 1 fully saturated rings. The number of rotatable bonds is 3. The third-order valence-electron chi connectivity index (χ3n) is 6.62. The van der Waals surface area contributed by atoms with Crippen LogP contribution in [0.25, 0.3) is 11.3 Å². The molecule has 2 aliphatic rings. The van der Waals surface area contributed by atoms with Crippen molar-refractivity contribution in [1.82, 2.24) is 29.3 Å². The molecule has 0 saturated carbocycles. The summed E-state index contributed by atoms with van der Waals surface area (Å²) in [6.45, 7) is 1.32. The average Bonchev–Trinajstić information content (AvgIpc) is 3.55. The predicted molar refractivity (Wildman–Crippen MR) is 116 cm³/mol. The molecule has 1 saturated heterocycles. The highest BCUT2D eigenvalue weighted by Crippen LogP contribution is 2.31. The number of benzene rings is 1. The lowest BCUT2D eigenvalue weighted by atomic mass is 9.96. The van der Waals surface area contributed by atoms with E-state index in [1.807, 2.05) is 38.4 Å². The zero-order valence-electron chi connectivity index (χ0n) is 17.6. The van der Waals surface area contributed by atoms with E-state index in [0.29, 0.717) is 18.8 Å². The number of fused-ring (bicyclic) bond motifs is 2. The molecule has 162 valence electrons. The molecule has 0 N–H and O–H groups in total. The Hall–Kier alpha value is -3.55. The van der Waals surface area contributed by atoms with Crippen LogP contribution in [0.2, 0.25) is 0 Å². The molecule has 3 aromatic heterocycles. The molecule has 0 spiro atoms. The van der Waals surface area contributed by atoms with Gasteiger partial charge < -0.3 is 4.90 Å². The number of nitrogens with zero attached hydrogens (tertiary/aromatic N) is 6. The maximum Gasteiger partial charge on any atom is 0.274 e. The summed E-state index contributed by atoms with van der Waals surface area (Å²) in [5, 5.41) is 13.4. The molecule has 4 heterocycles. The van der Waals surface area contributed by atoms with Gasteiger partial charge in [-0.15, -0.1) is 10.2 Å². The number of piperidine rings is 1. The summed E-state index contributed by atoms with van der Waals surface area (Å²) in [5.74, 6) is 0.731. The molecular formula is C24H23FN6O. The molecule has 0 radical (unpaired) electrons. The minimum absolute atomic E-state index is 0.0254. The van der Waals surface area contributed by atoms with Crippen molar-refractivity contribution in [3.63, 3.8) is 0 Å². The Kier molecular flexibility index (Phi) is 4.52. The largest absolute Gasteiger partial charge is 0.337 e. The lowest BCUT2D eigenvalue weighted by Gasteiger charge is -2.31. The van der Waals surface area contributed by atoms with Crippen LogP contribution >= 0.6 is 0 Å². The first-order chi connectivity index (χ1) is 15.7. The number of carbonyl (C=O) groups excluding carboxylic acids is 1. The van der Waals surface area contributed by atoms with Crippen molar-refractivity contribution in [2.45, 2.75) is 38.0 Å². The second-order valence-corrected chi connectivity index (χ2v) is 8.59. The van der Waals surface area contributed by atoms with Gasteiger partial charge in [-0.3, -0.25) is 9.20 Å². The van der Waals surface area contributed by atoms with E-state index in [4.69, 9.17) is 5.10 Å². The van der Waals surface area contributed by atoms with Crippen LogP contribution in [0.3, 0.4) is 0 Å². The minimum atomic E-state index is -0.283. The van der Waals surface area contributed by atoms with Crippen LogP contribution < -0.4 is 0 Å². The zero-order valence-corrected chi connectivity index (χ0v) is 17.6. The fourth-order valence-electron chi connectivity index (χ4n) is 5.07. The normalized spacial score (nSPS) is 18.3. The summed E-state index contributed by atoms with van der Waals surface area (Å²) in [4.78, 5) is 15.5. The summed E-state index contributed by atoms with van der Waals surface area (Å²) >= 11 is 0. The van der Waals surface area contributed by atoms with Gasteiger partial charge in [-0.2, -0.15) is 5.10 Å². The van der Waals surface area contributed by atoms with Gasteiger partial charge in [0.2, 0.25) is 0 Å². The number of halogens is 1. The molecule has 8 heteroatoms. The Morgan fingerprint density at radius 2 is 1.91 bits per heavy atom. The van der Waals surface area contributed by atoms with Crippen LogP contribution in [-0.2, 0) is 12.8 Å². The second-order valence-electron chi connectivity index (χ2n) is 8.59. The van der Waals surface area contributed by atoms with E-state index in [2.05, 4.69) is 10.2 Å². The number of aromatic nitrogens is 5. The lowest BCUT2D eigenvalue weighted by Crippen LogP contribution is -2.40. The van der Waals surface area contributed by atoms with E-state index in [-0.39, 0.29) is 17.6 Å². The fraction of sp³-hybridized carbons (Fsp3) is 0.333. The Morgan fingerprint density at radius 3 is 2.78 bits per heavy atom. The van der Waals surface area contributed by atoms with Crippen LogP contribution in [0, 0.1) is 5.82 Å². The molecule has 1 aliphatic carbocycles. The smallest absolute Gasteiger partial charge is 0.274 e. The average molecular weight is 430 g/mol. The van der Waals surface area contributed by atoms with Gasteiger partial charge in [-0.25, -0.2) is 9.07 Å². The maximum absolute atomic E-state index is 13.6. The quantitative estimate of drug-likeness (QED) is 0.498. The van der Waals surface area contributed by atoms with Gasteiger partial charge in [0.25, 0.3) is 5.91 Å². The van der Waals surface area contributed by atoms with Crippen molar-refractivity contribution in [3.8, 4) is 5.69 Å².